The summed E-state index contributed by atoms with van der Waals surface area (Å²) in [6.07, 6.45) is 8.89. The average molecular weight is 515 g/mol. The second-order valence-electron chi connectivity index (χ2n) is 7.57. The lowest BCUT2D eigenvalue weighted by Crippen LogP contribution is -1.99. The summed E-state index contributed by atoms with van der Waals surface area (Å²) in [7, 11) is 0. The van der Waals surface area contributed by atoms with Crippen molar-refractivity contribution >= 4 is 28.1 Å². The molecule has 3 nitrogen and oxygen atoms in total. The van der Waals surface area contributed by atoms with Crippen molar-refractivity contribution < 1.29 is 4.74 Å². The Labute approximate surface area is 211 Å². The number of aromatic nitrogens is 2. The Kier molecular flexibility index (Phi) is 9.60. The van der Waals surface area contributed by atoms with Gasteiger partial charge in [-0.25, -0.2) is 0 Å². The first-order chi connectivity index (χ1) is 16.7. The molecule has 0 bridgehead atoms. The molecule has 174 valence electrons. The highest BCUT2D eigenvalue weighted by Crippen LogP contribution is 2.33. The molecule has 2 heterocycles. The van der Waals surface area contributed by atoms with Crippen LogP contribution in [0.2, 0.25) is 0 Å². The number of halogens is 1. The van der Waals surface area contributed by atoms with Gasteiger partial charge in [-0.15, -0.1) is 0 Å². The molecule has 0 atom stereocenters. The monoisotopic (exact) mass is 514 g/mol. The third-order valence-corrected chi connectivity index (χ3v) is 5.53. The summed E-state index contributed by atoms with van der Waals surface area (Å²) in [5.41, 5.74) is 7.08. The highest BCUT2D eigenvalue weighted by atomic mass is 79.9. The van der Waals surface area contributed by atoms with Crippen LogP contribution in [0.1, 0.15) is 43.9 Å². The summed E-state index contributed by atoms with van der Waals surface area (Å²) >= 11 is 3.55. The number of ether oxygens (including phenoxy) is 1. The summed E-state index contributed by atoms with van der Waals surface area (Å²) in [5, 5.41) is 0. The minimum atomic E-state index is 0.689. The topological polar surface area (TPSA) is 35.0 Å². The van der Waals surface area contributed by atoms with Gasteiger partial charge in [0.05, 0.1) is 18.0 Å². The third kappa shape index (κ3) is 6.42. The second kappa shape index (κ2) is 12.9. The maximum absolute atomic E-state index is 5.95. The normalized spacial score (nSPS) is 10.6. The Bertz CT molecular complexity index is 1240. The SMILES string of the molecule is CC.CCCOc1ccccc1-c1ncc(-c2ncc(Br)cc2/C=C/c2ccccc2)cc1C. The lowest BCUT2D eigenvalue weighted by Gasteiger charge is -2.13. The molecule has 2 aromatic carbocycles. The molecular weight excluding hydrogens is 484 g/mol. The van der Waals surface area contributed by atoms with E-state index in [4.69, 9.17) is 14.7 Å². The highest BCUT2D eigenvalue weighted by Gasteiger charge is 2.13. The highest BCUT2D eigenvalue weighted by molar-refractivity contribution is 9.10. The average Bonchev–Trinajstić information content (AvgIpc) is 2.88. The molecule has 0 aliphatic rings. The number of hydrogen-bond acceptors (Lipinski definition) is 3. The van der Waals surface area contributed by atoms with Crippen molar-refractivity contribution in [3.63, 3.8) is 0 Å². The van der Waals surface area contributed by atoms with Gasteiger partial charge in [-0.3, -0.25) is 9.97 Å². The molecule has 34 heavy (non-hydrogen) atoms. The second-order valence-corrected chi connectivity index (χ2v) is 8.49. The van der Waals surface area contributed by atoms with Crippen LogP contribution < -0.4 is 4.74 Å². The van der Waals surface area contributed by atoms with E-state index in [9.17, 15) is 0 Å². The van der Waals surface area contributed by atoms with Crippen LogP contribution >= 0.6 is 15.9 Å². The number of benzene rings is 2. The van der Waals surface area contributed by atoms with Gasteiger partial charge in [0.25, 0.3) is 0 Å². The largest absolute Gasteiger partial charge is 0.493 e. The minimum Gasteiger partial charge on any atom is -0.493 e. The van der Waals surface area contributed by atoms with Gasteiger partial charge in [0.15, 0.2) is 0 Å². The lowest BCUT2D eigenvalue weighted by atomic mass is 10.0. The molecule has 4 aromatic rings. The molecule has 0 radical (unpaired) electrons. The van der Waals surface area contributed by atoms with Crippen molar-refractivity contribution in [2.24, 2.45) is 0 Å². The summed E-state index contributed by atoms with van der Waals surface area (Å²) < 4.78 is 6.89. The number of aryl methyl sites for hydroxylation is 1. The number of para-hydroxylation sites is 1. The van der Waals surface area contributed by atoms with Crippen LogP contribution in [0, 0.1) is 6.92 Å². The number of rotatable bonds is 7. The van der Waals surface area contributed by atoms with Crippen molar-refractivity contribution in [1.82, 2.24) is 9.97 Å². The van der Waals surface area contributed by atoms with E-state index in [1.54, 1.807) is 0 Å². The molecule has 4 heteroatoms. The Morgan fingerprint density at radius 1 is 0.853 bits per heavy atom. The molecule has 0 unspecified atom stereocenters. The van der Waals surface area contributed by atoms with Gasteiger partial charge >= 0.3 is 0 Å². The fourth-order valence-corrected chi connectivity index (χ4v) is 3.91. The van der Waals surface area contributed by atoms with Crippen LogP contribution in [0.5, 0.6) is 5.75 Å². The molecule has 0 N–H and O–H groups in total. The first-order valence-corrected chi connectivity index (χ1v) is 12.5. The zero-order valence-corrected chi connectivity index (χ0v) is 21.8. The predicted octanol–water partition coefficient (Wildman–Crippen LogP) is 8.87. The van der Waals surface area contributed by atoms with E-state index in [-0.39, 0.29) is 0 Å². The standard InChI is InChI=1S/C28H25BrN2O.C2H6/c1-3-15-32-26-12-8-7-11-25(26)27-20(2)16-23(18-30-27)28-22(17-24(29)19-31-28)14-13-21-9-5-4-6-10-21;1-2/h4-14,16-19H,3,15H2,1-2H3;1-2H3/b14-13+;. The van der Waals surface area contributed by atoms with Gasteiger partial charge in [0.2, 0.25) is 0 Å². The van der Waals surface area contributed by atoms with Crippen LogP contribution in [0.25, 0.3) is 34.7 Å². The minimum absolute atomic E-state index is 0.689. The van der Waals surface area contributed by atoms with Gasteiger partial charge < -0.3 is 4.74 Å². The van der Waals surface area contributed by atoms with Gasteiger partial charge in [-0.1, -0.05) is 75.4 Å². The first kappa shape index (κ1) is 25.4. The van der Waals surface area contributed by atoms with Crippen LogP contribution in [0.4, 0.5) is 0 Å². The van der Waals surface area contributed by atoms with E-state index >= 15 is 0 Å². The zero-order valence-electron chi connectivity index (χ0n) is 20.3. The first-order valence-electron chi connectivity index (χ1n) is 11.7. The van der Waals surface area contributed by atoms with Gasteiger partial charge in [-0.05, 0) is 64.7 Å². The Morgan fingerprint density at radius 2 is 1.56 bits per heavy atom. The Hall–Kier alpha value is -3.24. The van der Waals surface area contributed by atoms with Crippen molar-refractivity contribution in [2.75, 3.05) is 6.61 Å². The Balaban J connectivity index is 0.00000158. The molecule has 0 spiro atoms. The fraction of sp³-hybridized carbons (Fsp3) is 0.200. The molecule has 0 saturated heterocycles. The van der Waals surface area contributed by atoms with E-state index in [1.165, 1.54) is 0 Å². The summed E-state index contributed by atoms with van der Waals surface area (Å²) in [6.45, 7) is 8.88. The molecule has 2 aromatic heterocycles. The predicted molar refractivity (Wildman–Crippen MR) is 148 cm³/mol. The van der Waals surface area contributed by atoms with E-state index < -0.39 is 0 Å². The van der Waals surface area contributed by atoms with Crippen molar-refractivity contribution in [3.05, 3.63) is 100 Å². The third-order valence-electron chi connectivity index (χ3n) is 5.09. The molecule has 0 fully saturated rings. The quantitative estimate of drug-likeness (QED) is 0.247. The van der Waals surface area contributed by atoms with Crippen LogP contribution in [-0.2, 0) is 0 Å². The van der Waals surface area contributed by atoms with E-state index in [0.29, 0.717) is 6.61 Å². The maximum atomic E-state index is 5.95. The molecule has 4 rings (SSSR count). The molecular formula is C30H31BrN2O. The summed E-state index contributed by atoms with van der Waals surface area (Å²) in [4.78, 5) is 9.52. The van der Waals surface area contributed by atoms with Gasteiger partial charge in [0, 0.05) is 33.6 Å². The maximum Gasteiger partial charge on any atom is 0.128 e. The number of pyridine rings is 2. The molecule has 0 aliphatic heterocycles. The van der Waals surface area contributed by atoms with E-state index in [1.807, 2.05) is 62.6 Å². The summed E-state index contributed by atoms with van der Waals surface area (Å²) in [5.74, 6) is 0.867. The van der Waals surface area contributed by atoms with Crippen molar-refractivity contribution in [2.45, 2.75) is 34.1 Å². The van der Waals surface area contributed by atoms with Gasteiger partial charge in [-0.2, -0.15) is 0 Å². The molecule has 0 aliphatic carbocycles. The van der Waals surface area contributed by atoms with Gasteiger partial charge in [0.1, 0.15) is 5.75 Å². The van der Waals surface area contributed by atoms with E-state index in [2.05, 4.69) is 72.3 Å². The smallest absolute Gasteiger partial charge is 0.128 e. The zero-order chi connectivity index (χ0) is 24.3. The molecule has 0 saturated carbocycles. The number of hydrogen-bond donors (Lipinski definition) is 0. The van der Waals surface area contributed by atoms with Crippen LogP contribution in [-0.4, -0.2) is 16.6 Å². The lowest BCUT2D eigenvalue weighted by molar-refractivity contribution is 0.318. The Morgan fingerprint density at radius 3 is 2.29 bits per heavy atom. The fourth-order valence-electron chi connectivity index (χ4n) is 3.56. The van der Waals surface area contributed by atoms with Crippen molar-refractivity contribution in [3.8, 4) is 28.3 Å². The van der Waals surface area contributed by atoms with E-state index in [0.717, 1.165) is 55.8 Å². The van der Waals surface area contributed by atoms with Crippen molar-refractivity contribution in [1.29, 1.82) is 0 Å². The molecule has 0 amide bonds. The number of nitrogens with zero attached hydrogens (tertiary/aromatic N) is 2. The van der Waals surface area contributed by atoms with Crippen LogP contribution in [0.3, 0.4) is 0 Å². The van der Waals surface area contributed by atoms with Crippen LogP contribution in [0.15, 0.2) is 83.6 Å². The summed E-state index contributed by atoms with van der Waals surface area (Å²) in [6, 6.07) is 22.6.